The van der Waals surface area contributed by atoms with E-state index in [9.17, 15) is 4.79 Å². The number of hydrogen-bond donors (Lipinski definition) is 0. The molecule has 0 radical (unpaired) electrons. The molecule has 1 rings (SSSR count). The largest absolute Gasteiger partial charge is 0.424 e. The van der Waals surface area contributed by atoms with Crippen molar-refractivity contribution in [2.75, 3.05) is 0 Å². The highest BCUT2D eigenvalue weighted by Crippen LogP contribution is 2.31. The zero-order valence-corrected chi connectivity index (χ0v) is 11.8. The van der Waals surface area contributed by atoms with Gasteiger partial charge in [0.25, 0.3) is 0 Å². The lowest BCUT2D eigenvalue weighted by Gasteiger charge is -2.17. The molecule has 3 nitrogen and oxygen atoms in total. The summed E-state index contributed by atoms with van der Waals surface area (Å²) in [5.41, 5.74) is 1.03. The fraction of sp³-hybridized carbons (Fsp3) is 0.333. The van der Waals surface area contributed by atoms with E-state index < -0.39 is 15.7 Å². The maximum atomic E-state index is 11.7. The van der Waals surface area contributed by atoms with Crippen LogP contribution in [0.1, 0.15) is 12.0 Å². The molecule has 0 aliphatic heterocycles. The minimum absolute atomic E-state index is 0.209. The molecule has 0 N–H and O–H groups in total. The van der Waals surface area contributed by atoms with Gasteiger partial charge in [-0.2, -0.15) is 5.26 Å². The molecule has 0 aromatic heterocycles. The SMILES string of the molecule is Cc1ccc(OC(=O)C(Cl)(Cl)CC(Cl)C#N)cc1. The van der Waals surface area contributed by atoms with Gasteiger partial charge in [0.05, 0.1) is 6.07 Å². The van der Waals surface area contributed by atoms with Crippen LogP contribution in [0, 0.1) is 18.3 Å². The van der Waals surface area contributed by atoms with Gasteiger partial charge < -0.3 is 4.74 Å². The quantitative estimate of drug-likeness (QED) is 0.485. The Morgan fingerprint density at radius 2 is 2.00 bits per heavy atom. The van der Waals surface area contributed by atoms with E-state index in [1.165, 1.54) is 0 Å². The van der Waals surface area contributed by atoms with Crippen LogP contribution in [0.4, 0.5) is 0 Å². The molecule has 0 amide bonds. The van der Waals surface area contributed by atoms with Crippen LogP contribution in [-0.2, 0) is 4.79 Å². The van der Waals surface area contributed by atoms with Crippen LogP contribution in [0.3, 0.4) is 0 Å². The number of esters is 1. The van der Waals surface area contributed by atoms with Crippen LogP contribution in [0.15, 0.2) is 24.3 Å². The van der Waals surface area contributed by atoms with Crippen LogP contribution in [0.2, 0.25) is 0 Å². The van der Waals surface area contributed by atoms with E-state index >= 15 is 0 Å². The second-order valence-electron chi connectivity index (χ2n) is 3.71. The van der Waals surface area contributed by atoms with Crippen LogP contribution >= 0.6 is 34.8 Å². The highest BCUT2D eigenvalue weighted by molar-refractivity contribution is 6.57. The van der Waals surface area contributed by atoms with Crippen LogP contribution in [0.25, 0.3) is 0 Å². The number of hydrogen-bond acceptors (Lipinski definition) is 3. The number of rotatable bonds is 4. The lowest BCUT2D eigenvalue weighted by atomic mass is 10.2. The number of ether oxygens (including phenoxy) is 1. The molecule has 0 aliphatic rings. The Morgan fingerprint density at radius 1 is 1.44 bits per heavy atom. The molecule has 18 heavy (non-hydrogen) atoms. The summed E-state index contributed by atoms with van der Waals surface area (Å²) >= 11 is 17.2. The van der Waals surface area contributed by atoms with E-state index in [0.717, 1.165) is 5.56 Å². The van der Waals surface area contributed by atoms with Crippen molar-refractivity contribution in [1.29, 1.82) is 5.26 Å². The maximum Gasteiger partial charge on any atom is 0.348 e. The van der Waals surface area contributed by atoms with E-state index in [0.29, 0.717) is 5.75 Å². The molecular weight excluding hydrogens is 296 g/mol. The molecule has 0 fully saturated rings. The zero-order chi connectivity index (χ0) is 13.8. The predicted octanol–water partition coefficient (Wildman–Crippen LogP) is 3.60. The molecular formula is C12H10Cl3NO2. The summed E-state index contributed by atoms with van der Waals surface area (Å²) in [6.45, 7) is 1.91. The predicted molar refractivity (Wildman–Crippen MR) is 71.1 cm³/mol. The standard InChI is InChI=1S/C12H10Cl3NO2/c1-8-2-4-10(5-3-8)18-11(17)12(14,15)6-9(13)7-16/h2-5,9H,6H2,1H3. The zero-order valence-electron chi connectivity index (χ0n) is 9.49. The first kappa shape index (κ1) is 15.1. The molecule has 1 aromatic carbocycles. The highest BCUT2D eigenvalue weighted by atomic mass is 35.5. The fourth-order valence-corrected chi connectivity index (χ4v) is 1.92. The van der Waals surface area contributed by atoms with Crippen molar-refractivity contribution in [2.45, 2.75) is 23.1 Å². The molecule has 1 unspecified atom stereocenters. The van der Waals surface area contributed by atoms with Crippen molar-refractivity contribution in [3.8, 4) is 11.8 Å². The molecule has 0 aliphatic carbocycles. The summed E-state index contributed by atoms with van der Waals surface area (Å²) in [6, 6.07) is 8.55. The Balaban J connectivity index is 2.70. The van der Waals surface area contributed by atoms with Gasteiger partial charge in [-0.15, -0.1) is 11.6 Å². The molecule has 0 saturated carbocycles. The van der Waals surface area contributed by atoms with E-state index in [4.69, 9.17) is 44.8 Å². The molecule has 6 heteroatoms. The van der Waals surface area contributed by atoms with Crippen molar-refractivity contribution in [2.24, 2.45) is 0 Å². The summed E-state index contributed by atoms with van der Waals surface area (Å²) < 4.78 is 3.17. The van der Waals surface area contributed by atoms with Crippen LogP contribution in [0.5, 0.6) is 5.75 Å². The smallest absolute Gasteiger partial charge is 0.348 e. The summed E-state index contributed by atoms with van der Waals surface area (Å²) in [6.07, 6.45) is -0.209. The van der Waals surface area contributed by atoms with Gasteiger partial charge in [0, 0.05) is 6.42 Å². The third-order valence-electron chi connectivity index (χ3n) is 2.11. The first-order valence-electron chi connectivity index (χ1n) is 5.05. The molecule has 96 valence electrons. The number of carbonyl (C=O) groups excluding carboxylic acids is 1. The Bertz CT molecular complexity index is 465. The second kappa shape index (κ2) is 6.29. The fourth-order valence-electron chi connectivity index (χ4n) is 1.14. The molecule has 0 bridgehead atoms. The second-order valence-corrected chi connectivity index (χ2v) is 5.72. The first-order valence-corrected chi connectivity index (χ1v) is 6.25. The Kier molecular flexibility index (Phi) is 5.28. The van der Waals surface area contributed by atoms with E-state index in [2.05, 4.69) is 0 Å². The normalized spacial score (nSPS) is 12.6. The average molecular weight is 307 g/mol. The molecule has 0 spiro atoms. The van der Waals surface area contributed by atoms with Crippen molar-refractivity contribution in [3.63, 3.8) is 0 Å². The van der Waals surface area contributed by atoms with Crippen LogP contribution in [-0.4, -0.2) is 15.7 Å². The van der Waals surface area contributed by atoms with Gasteiger partial charge in [0.15, 0.2) is 0 Å². The molecule has 1 aromatic rings. The number of nitrogens with zero attached hydrogens (tertiary/aromatic N) is 1. The lowest BCUT2D eigenvalue weighted by Crippen LogP contribution is -2.33. The minimum atomic E-state index is -1.84. The summed E-state index contributed by atoms with van der Waals surface area (Å²) in [5.74, 6) is -0.519. The summed E-state index contributed by atoms with van der Waals surface area (Å²) in [5, 5.41) is 7.60. The lowest BCUT2D eigenvalue weighted by molar-refractivity contribution is -0.135. The van der Waals surface area contributed by atoms with Gasteiger partial charge >= 0.3 is 5.97 Å². The van der Waals surface area contributed by atoms with Crippen molar-refractivity contribution < 1.29 is 9.53 Å². The number of nitriles is 1. The average Bonchev–Trinajstić information content (AvgIpc) is 2.31. The number of benzene rings is 1. The Morgan fingerprint density at radius 3 is 2.50 bits per heavy atom. The van der Waals surface area contributed by atoms with Crippen molar-refractivity contribution >= 4 is 40.8 Å². The number of halogens is 3. The molecule has 0 heterocycles. The maximum absolute atomic E-state index is 11.7. The van der Waals surface area contributed by atoms with Gasteiger partial charge in [0.1, 0.15) is 11.1 Å². The summed E-state index contributed by atoms with van der Waals surface area (Å²) in [4.78, 5) is 11.7. The third kappa shape index (κ3) is 4.38. The Hall–Kier alpha value is -0.950. The van der Waals surface area contributed by atoms with Crippen molar-refractivity contribution in [3.05, 3.63) is 29.8 Å². The van der Waals surface area contributed by atoms with Crippen LogP contribution < -0.4 is 4.74 Å². The monoisotopic (exact) mass is 305 g/mol. The topological polar surface area (TPSA) is 50.1 Å². The number of carbonyl (C=O) groups is 1. The number of aryl methyl sites for hydroxylation is 1. The van der Waals surface area contributed by atoms with Gasteiger partial charge in [0.2, 0.25) is 4.33 Å². The van der Waals surface area contributed by atoms with Crippen molar-refractivity contribution in [1.82, 2.24) is 0 Å². The first-order chi connectivity index (χ1) is 8.35. The van der Waals surface area contributed by atoms with Gasteiger partial charge in [-0.3, -0.25) is 0 Å². The molecule has 0 saturated heterocycles. The van der Waals surface area contributed by atoms with Gasteiger partial charge in [-0.05, 0) is 19.1 Å². The Labute approximate surface area is 120 Å². The minimum Gasteiger partial charge on any atom is -0.424 e. The molecule has 1 atom stereocenters. The number of alkyl halides is 3. The van der Waals surface area contributed by atoms with E-state index in [-0.39, 0.29) is 6.42 Å². The van der Waals surface area contributed by atoms with Gasteiger partial charge in [-0.25, -0.2) is 4.79 Å². The third-order valence-corrected chi connectivity index (χ3v) is 2.97. The highest BCUT2D eigenvalue weighted by Gasteiger charge is 2.38. The van der Waals surface area contributed by atoms with Gasteiger partial charge in [-0.1, -0.05) is 40.9 Å². The van der Waals surface area contributed by atoms with E-state index in [1.54, 1.807) is 30.3 Å². The van der Waals surface area contributed by atoms with E-state index in [1.807, 2.05) is 6.92 Å². The summed E-state index contributed by atoms with van der Waals surface area (Å²) in [7, 11) is 0.